The molecular formula is C18H20O. The van der Waals surface area contributed by atoms with Crippen molar-refractivity contribution in [1.82, 2.24) is 0 Å². The van der Waals surface area contributed by atoms with Crippen LogP contribution in [-0.4, -0.2) is 13.2 Å². The molecule has 0 saturated carbocycles. The van der Waals surface area contributed by atoms with E-state index in [1.807, 2.05) is 0 Å². The Bertz CT molecular complexity index is 540. The van der Waals surface area contributed by atoms with Gasteiger partial charge in [-0.3, -0.25) is 0 Å². The number of benzene rings is 2. The van der Waals surface area contributed by atoms with Crippen LogP contribution >= 0.6 is 0 Å². The van der Waals surface area contributed by atoms with Gasteiger partial charge in [-0.05, 0) is 35.6 Å². The van der Waals surface area contributed by atoms with Gasteiger partial charge in [0.1, 0.15) is 0 Å². The maximum Gasteiger partial charge on any atom is 0.0603 e. The number of fused-ring (bicyclic) bond motifs is 3. The Labute approximate surface area is 115 Å². The number of rotatable bonds is 4. The van der Waals surface area contributed by atoms with Gasteiger partial charge >= 0.3 is 0 Å². The minimum atomic E-state index is 0.0309. The van der Waals surface area contributed by atoms with E-state index in [2.05, 4.69) is 62.4 Å². The maximum absolute atomic E-state index is 5.83. The fourth-order valence-corrected chi connectivity index (χ4v) is 3.33. The molecule has 0 atom stereocenters. The van der Waals surface area contributed by atoms with E-state index in [-0.39, 0.29) is 5.41 Å². The van der Waals surface area contributed by atoms with E-state index in [0.29, 0.717) is 0 Å². The topological polar surface area (TPSA) is 9.23 Å². The summed E-state index contributed by atoms with van der Waals surface area (Å²) in [4.78, 5) is 0. The van der Waals surface area contributed by atoms with Crippen LogP contribution in [0, 0.1) is 0 Å². The molecule has 2 aromatic rings. The first kappa shape index (κ1) is 12.4. The van der Waals surface area contributed by atoms with Crippen molar-refractivity contribution in [2.24, 2.45) is 0 Å². The molecule has 2 aromatic carbocycles. The molecule has 0 heterocycles. The summed E-state index contributed by atoms with van der Waals surface area (Å²) in [5.41, 5.74) is 5.63. The zero-order chi connectivity index (χ0) is 13.3. The molecule has 0 amide bonds. The molecule has 0 radical (unpaired) electrons. The van der Waals surface area contributed by atoms with Crippen molar-refractivity contribution in [3.05, 3.63) is 59.7 Å². The highest BCUT2D eigenvalue weighted by molar-refractivity contribution is 5.81. The first-order valence-electron chi connectivity index (χ1n) is 7.10. The third-order valence-electron chi connectivity index (χ3n) is 4.33. The summed E-state index contributed by atoms with van der Waals surface area (Å²) >= 11 is 0. The quantitative estimate of drug-likeness (QED) is 0.783. The highest BCUT2D eigenvalue weighted by Crippen LogP contribution is 2.50. The van der Waals surface area contributed by atoms with Gasteiger partial charge in [-0.15, -0.1) is 0 Å². The summed E-state index contributed by atoms with van der Waals surface area (Å²) in [7, 11) is 0. The van der Waals surface area contributed by atoms with Gasteiger partial charge in [0.25, 0.3) is 0 Å². The molecule has 98 valence electrons. The Morgan fingerprint density at radius 1 is 0.842 bits per heavy atom. The van der Waals surface area contributed by atoms with Gasteiger partial charge in [0, 0.05) is 12.0 Å². The highest BCUT2D eigenvalue weighted by Gasteiger charge is 2.41. The average molecular weight is 252 g/mol. The molecule has 1 heteroatoms. The summed E-state index contributed by atoms with van der Waals surface area (Å²) in [5, 5.41) is 0. The minimum Gasteiger partial charge on any atom is -0.380 e. The van der Waals surface area contributed by atoms with Gasteiger partial charge in [0.2, 0.25) is 0 Å². The van der Waals surface area contributed by atoms with E-state index in [4.69, 9.17) is 4.74 Å². The predicted octanol–water partition coefficient (Wildman–Crippen LogP) is 4.40. The van der Waals surface area contributed by atoms with Crippen molar-refractivity contribution in [1.29, 1.82) is 0 Å². The van der Waals surface area contributed by atoms with Crippen LogP contribution in [-0.2, 0) is 10.2 Å². The SMILES string of the molecule is CCOCC1(CC)c2ccccc2-c2ccccc21. The van der Waals surface area contributed by atoms with Crippen LogP contribution < -0.4 is 0 Å². The van der Waals surface area contributed by atoms with E-state index >= 15 is 0 Å². The molecule has 1 aliphatic carbocycles. The van der Waals surface area contributed by atoms with E-state index in [1.54, 1.807) is 0 Å². The van der Waals surface area contributed by atoms with Crippen molar-refractivity contribution < 1.29 is 4.74 Å². The Balaban J connectivity index is 2.23. The van der Waals surface area contributed by atoms with Gasteiger partial charge < -0.3 is 4.74 Å². The second kappa shape index (κ2) is 4.82. The fourth-order valence-electron chi connectivity index (χ4n) is 3.33. The smallest absolute Gasteiger partial charge is 0.0603 e. The van der Waals surface area contributed by atoms with Crippen molar-refractivity contribution >= 4 is 0 Å². The second-order valence-electron chi connectivity index (χ2n) is 5.16. The first-order valence-corrected chi connectivity index (χ1v) is 7.10. The summed E-state index contributed by atoms with van der Waals surface area (Å²) in [6, 6.07) is 17.5. The lowest BCUT2D eigenvalue weighted by Gasteiger charge is -2.30. The fraction of sp³-hybridized carbons (Fsp3) is 0.333. The third-order valence-corrected chi connectivity index (χ3v) is 4.33. The van der Waals surface area contributed by atoms with E-state index in [9.17, 15) is 0 Å². The molecule has 0 aromatic heterocycles. The van der Waals surface area contributed by atoms with E-state index < -0.39 is 0 Å². The largest absolute Gasteiger partial charge is 0.380 e. The lowest BCUT2D eigenvalue weighted by molar-refractivity contribution is 0.106. The molecule has 1 aliphatic rings. The lowest BCUT2D eigenvalue weighted by atomic mass is 9.76. The van der Waals surface area contributed by atoms with Gasteiger partial charge in [0.05, 0.1) is 6.61 Å². The number of hydrogen-bond donors (Lipinski definition) is 0. The molecule has 0 aliphatic heterocycles. The van der Waals surface area contributed by atoms with Crippen LogP contribution in [0.25, 0.3) is 11.1 Å². The molecule has 19 heavy (non-hydrogen) atoms. The zero-order valence-corrected chi connectivity index (χ0v) is 11.6. The third kappa shape index (κ3) is 1.73. The van der Waals surface area contributed by atoms with Crippen molar-refractivity contribution in [3.63, 3.8) is 0 Å². The molecule has 0 N–H and O–H groups in total. The van der Waals surface area contributed by atoms with Gasteiger partial charge in [-0.2, -0.15) is 0 Å². The molecule has 0 saturated heterocycles. The number of hydrogen-bond acceptors (Lipinski definition) is 1. The minimum absolute atomic E-state index is 0.0309. The molecule has 3 rings (SSSR count). The average Bonchev–Trinajstić information content (AvgIpc) is 2.77. The van der Waals surface area contributed by atoms with Crippen LogP contribution in [0.1, 0.15) is 31.4 Å². The van der Waals surface area contributed by atoms with Crippen LogP contribution in [0.15, 0.2) is 48.5 Å². The second-order valence-corrected chi connectivity index (χ2v) is 5.16. The highest BCUT2D eigenvalue weighted by atomic mass is 16.5. The summed E-state index contributed by atoms with van der Waals surface area (Å²) in [6.07, 6.45) is 1.07. The van der Waals surface area contributed by atoms with Gasteiger partial charge in [-0.1, -0.05) is 55.5 Å². The maximum atomic E-state index is 5.83. The van der Waals surface area contributed by atoms with Gasteiger partial charge in [-0.25, -0.2) is 0 Å². The molecule has 0 bridgehead atoms. The first-order chi connectivity index (χ1) is 9.33. The zero-order valence-electron chi connectivity index (χ0n) is 11.6. The molecule has 0 fully saturated rings. The lowest BCUT2D eigenvalue weighted by Crippen LogP contribution is -2.30. The van der Waals surface area contributed by atoms with Crippen LogP contribution in [0.3, 0.4) is 0 Å². The van der Waals surface area contributed by atoms with Crippen molar-refractivity contribution in [3.8, 4) is 11.1 Å². The Hall–Kier alpha value is -1.60. The van der Waals surface area contributed by atoms with Crippen LogP contribution in [0.4, 0.5) is 0 Å². The Morgan fingerprint density at radius 2 is 1.37 bits per heavy atom. The van der Waals surface area contributed by atoms with Crippen molar-refractivity contribution in [2.45, 2.75) is 25.7 Å². The normalized spacial score (nSPS) is 15.1. The Kier molecular flexibility index (Phi) is 3.16. The molecule has 1 nitrogen and oxygen atoms in total. The molecule has 0 spiro atoms. The summed E-state index contributed by atoms with van der Waals surface area (Å²) in [5.74, 6) is 0. The monoisotopic (exact) mass is 252 g/mol. The van der Waals surface area contributed by atoms with E-state index in [1.165, 1.54) is 22.3 Å². The molecular weight excluding hydrogens is 232 g/mol. The van der Waals surface area contributed by atoms with E-state index in [0.717, 1.165) is 19.6 Å². The standard InChI is InChI=1S/C18H20O/c1-3-18(13-19-4-2)16-11-7-5-9-14(16)15-10-6-8-12-17(15)18/h5-12H,3-4,13H2,1-2H3. The number of ether oxygens (including phenoxy) is 1. The molecule has 0 unspecified atom stereocenters. The van der Waals surface area contributed by atoms with Gasteiger partial charge in [0.15, 0.2) is 0 Å². The van der Waals surface area contributed by atoms with Crippen LogP contribution in [0.2, 0.25) is 0 Å². The van der Waals surface area contributed by atoms with Crippen LogP contribution in [0.5, 0.6) is 0 Å². The predicted molar refractivity (Wildman–Crippen MR) is 79.4 cm³/mol. The summed E-state index contributed by atoms with van der Waals surface area (Å²) in [6.45, 7) is 5.87. The Morgan fingerprint density at radius 3 is 1.84 bits per heavy atom. The summed E-state index contributed by atoms with van der Waals surface area (Å²) < 4.78 is 5.83. The van der Waals surface area contributed by atoms with Crippen molar-refractivity contribution in [2.75, 3.05) is 13.2 Å².